The maximum absolute atomic E-state index is 11.3. The van der Waals surface area contributed by atoms with Crippen LogP contribution in [0.3, 0.4) is 0 Å². The Morgan fingerprint density at radius 1 is 1.03 bits per heavy atom. The number of rotatable bonds is 5. The number of phenolic OH excluding ortho intramolecular Hbond substituents is 1. The highest BCUT2D eigenvalue weighted by Crippen LogP contribution is 2.23. The summed E-state index contributed by atoms with van der Waals surface area (Å²) in [6.45, 7) is 1.43. The van der Waals surface area contributed by atoms with Crippen LogP contribution in [0.25, 0.3) is 0 Å². The molecular formula is C22H22N2O5. The van der Waals surface area contributed by atoms with Gasteiger partial charge in [-0.15, -0.1) is 0 Å². The van der Waals surface area contributed by atoms with Crippen molar-refractivity contribution in [2.24, 2.45) is 0 Å². The van der Waals surface area contributed by atoms with E-state index in [0.717, 1.165) is 0 Å². The van der Waals surface area contributed by atoms with E-state index >= 15 is 0 Å². The molecule has 3 aromatic rings. The topological polar surface area (TPSA) is 97.8 Å². The maximum Gasteiger partial charge on any atom is 0.251 e. The molecule has 0 aliphatic rings. The molecule has 1 amide bonds. The molecule has 0 unspecified atom stereocenters. The van der Waals surface area contributed by atoms with Crippen LogP contribution >= 0.6 is 0 Å². The molecule has 3 rings (SSSR count). The molecule has 0 saturated carbocycles. The van der Waals surface area contributed by atoms with Gasteiger partial charge in [0.15, 0.2) is 5.78 Å². The van der Waals surface area contributed by atoms with Crippen molar-refractivity contribution < 1.29 is 24.2 Å². The largest absolute Gasteiger partial charge is 0.508 e. The number of methoxy groups -OCH3 is 1. The van der Waals surface area contributed by atoms with Crippen LogP contribution < -0.4 is 14.8 Å². The first-order valence-corrected chi connectivity index (χ1v) is 8.72. The van der Waals surface area contributed by atoms with E-state index in [2.05, 4.69) is 10.3 Å². The average Bonchev–Trinajstić information content (AvgIpc) is 2.75. The Kier molecular flexibility index (Phi) is 7.73. The van der Waals surface area contributed by atoms with Crippen molar-refractivity contribution >= 4 is 11.7 Å². The van der Waals surface area contributed by atoms with Crippen LogP contribution in [0.5, 0.6) is 23.0 Å². The lowest BCUT2D eigenvalue weighted by Gasteiger charge is -2.05. The molecule has 1 heterocycles. The fraction of sp³-hybridized carbons (Fsp3) is 0.136. The highest BCUT2D eigenvalue weighted by Gasteiger charge is 2.07. The molecule has 1 aromatic heterocycles. The number of Topliss-reactive ketones (excluding diaryl/α,β-unsaturated/α-hetero) is 1. The molecule has 150 valence electrons. The van der Waals surface area contributed by atoms with Gasteiger partial charge in [0.1, 0.15) is 23.0 Å². The zero-order valence-corrected chi connectivity index (χ0v) is 16.4. The normalized spacial score (nSPS) is 9.62. The first kappa shape index (κ1) is 21.4. The standard InChI is InChI=1S/C13H12N2O2.C9H10O3/c1-14-13(16)10-4-6-11(7-5-10)17-12-3-2-8-15-9-12;1-6(10)8-5-7(11)3-4-9(8)12-2/h2-9H,1H3,(H,14,16);3-5,11H,1-2H3. The molecule has 0 bridgehead atoms. The number of pyridine rings is 1. The fourth-order valence-electron chi connectivity index (χ4n) is 2.33. The summed E-state index contributed by atoms with van der Waals surface area (Å²) in [4.78, 5) is 26.3. The molecule has 0 aliphatic heterocycles. The summed E-state index contributed by atoms with van der Waals surface area (Å²) in [6.07, 6.45) is 3.31. The van der Waals surface area contributed by atoms with Crippen LogP contribution in [0.1, 0.15) is 27.6 Å². The van der Waals surface area contributed by atoms with E-state index in [-0.39, 0.29) is 17.4 Å². The van der Waals surface area contributed by atoms with Crippen LogP contribution in [0.15, 0.2) is 67.0 Å². The lowest BCUT2D eigenvalue weighted by Crippen LogP contribution is -2.17. The number of hydrogen-bond donors (Lipinski definition) is 2. The molecule has 29 heavy (non-hydrogen) atoms. The van der Waals surface area contributed by atoms with Crippen molar-refractivity contribution in [2.75, 3.05) is 14.2 Å². The van der Waals surface area contributed by atoms with E-state index in [4.69, 9.17) is 14.6 Å². The summed E-state index contributed by atoms with van der Waals surface area (Å²) in [5, 5.41) is 11.6. The van der Waals surface area contributed by atoms with Crippen LogP contribution in [-0.2, 0) is 0 Å². The number of phenols is 1. The summed E-state index contributed by atoms with van der Waals surface area (Å²) >= 11 is 0. The number of nitrogens with zero attached hydrogens (tertiary/aromatic N) is 1. The summed E-state index contributed by atoms with van der Waals surface area (Å²) in [5.41, 5.74) is 1.00. The van der Waals surface area contributed by atoms with Gasteiger partial charge in [0, 0.05) is 18.8 Å². The third-order valence-electron chi connectivity index (χ3n) is 3.78. The van der Waals surface area contributed by atoms with E-state index in [1.54, 1.807) is 55.8 Å². The maximum atomic E-state index is 11.3. The fourth-order valence-corrected chi connectivity index (χ4v) is 2.33. The summed E-state index contributed by atoms with van der Waals surface area (Å²) in [7, 11) is 3.08. The molecule has 0 aliphatic carbocycles. The van der Waals surface area contributed by atoms with E-state index in [9.17, 15) is 9.59 Å². The van der Waals surface area contributed by atoms with Crippen LogP contribution in [0.4, 0.5) is 0 Å². The molecule has 2 N–H and O–H groups in total. The van der Waals surface area contributed by atoms with Crippen LogP contribution in [-0.4, -0.2) is 35.9 Å². The Labute approximate surface area is 168 Å². The molecule has 0 fully saturated rings. The van der Waals surface area contributed by atoms with Crippen molar-refractivity contribution in [2.45, 2.75) is 6.92 Å². The molecule has 7 nitrogen and oxygen atoms in total. The molecule has 0 radical (unpaired) electrons. The van der Waals surface area contributed by atoms with Gasteiger partial charge in [-0.3, -0.25) is 14.6 Å². The van der Waals surface area contributed by atoms with Crippen molar-refractivity contribution in [3.05, 3.63) is 78.1 Å². The Balaban J connectivity index is 0.000000221. The summed E-state index contributed by atoms with van der Waals surface area (Å²) < 4.78 is 10.5. The number of nitrogens with one attached hydrogen (secondary N) is 1. The number of carbonyl (C=O) groups excluding carboxylic acids is 2. The van der Waals surface area contributed by atoms with E-state index in [1.807, 2.05) is 6.07 Å². The molecular weight excluding hydrogens is 372 g/mol. The predicted octanol–water partition coefficient (Wildman–Crippen LogP) is 3.84. The minimum atomic E-state index is -0.122. The second-order valence-corrected chi connectivity index (χ2v) is 5.84. The quantitative estimate of drug-likeness (QED) is 0.638. The Bertz CT molecular complexity index is 957. The zero-order valence-electron chi connectivity index (χ0n) is 16.4. The minimum absolute atomic E-state index is 0.0704. The van der Waals surface area contributed by atoms with Gasteiger partial charge in [-0.2, -0.15) is 0 Å². The zero-order chi connectivity index (χ0) is 21.2. The summed E-state index contributed by atoms with van der Waals surface area (Å²) in [5.74, 6) is 1.66. The van der Waals surface area contributed by atoms with E-state index < -0.39 is 0 Å². The number of hydrogen-bond acceptors (Lipinski definition) is 6. The minimum Gasteiger partial charge on any atom is -0.508 e. The van der Waals surface area contributed by atoms with Crippen molar-refractivity contribution in [1.82, 2.24) is 10.3 Å². The second-order valence-electron chi connectivity index (χ2n) is 5.84. The van der Waals surface area contributed by atoms with Crippen LogP contribution in [0.2, 0.25) is 0 Å². The highest BCUT2D eigenvalue weighted by atomic mass is 16.5. The van der Waals surface area contributed by atoms with Gasteiger partial charge in [-0.1, -0.05) is 0 Å². The third-order valence-corrected chi connectivity index (χ3v) is 3.78. The number of aromatic hydroxyl groups is 1. The van der Waals surface area contributed by atoms with Gasteiger partial charge in [-0.05, 0) is 61.5 Å². The Hall–Kier alpha value is -3.87. The predicted molar refractivity (Wildman–Crippen MR) is 109 cm³/mol. The summed E-state index contributed by atoms with van der Waals surface area (Å²) in [6, 6.07) is 15.0. The second kappa shape index (κ2) is 10.5. The highest BCUT2D eigenvalue weighted by molar-refractivity contribution is 5.97. The molecule has 2 aromatic carbocycles. The Morgan fingerprint density at radius 3 is 2.31 bits per heavy atom. The smallest absolute Gasteiger partial charge is 0.251 e. The van der Waals surface area contributed by atoms with Gasteiger partial charge in [0.05, 0.1) is 18.9 Å². The number of aromatic nitrogens is 1. The van der Waals surface area contributed by atoms with Gasteiger partial charge in [0.25, 0.3) is 5.91 Å². The number of carbonyl (C=O) groups is 2. The van der Waals surface area contributed by atoms with Gasteiger partial charge in [-0.25, -0.2) is 0 Å². The first-order chi connectivity index (χ1) is 13.9. The molecule has 0 spiro atoms. The van der Waals surface area contributed by atoms with E-state index in [0.29, 0.717) is 28.4 Å². The Morgan fingerprint density at radius 2 is 1.76 bits per heavy atom. The lowest BCUT2D eigenvalue weighted by molar-refractivity contribution is 0.0961. The van der Waals surface area contributed by atoms with E-state index in [1.165, 1.54) is 26.2 Å². The monoisotopic (exact) mass is 394 g/mol. The molecule has 0 atom stereocenters. The number of ether oxygens (including phenoxy) is 2. The molecule has 0 saturated heterocycles. The third kappa shape index (κ3) is 6.35. The van der Waals surface area contributed by atoms with Crippen molar-refractivity contribution in [3.8, 4) is 23.0 Å². The number of benzene rings is 2. The first-order valence-electron chi connectivity index (χ1n) is 8.72. The molecule has 7 heteroatoms. The average molecular weight is 394 g/mol. The number of ketones is 1. The van der Waals surface area contributed by atoms with Gasteiger partial charge >= 0.3 is 0 Å². The SMILES string of the molecule is CNC(=O)c1ccc(Oc2cccnc2)cc1.COc1ccc(O)cc1C(C)=O. The van der Waals surface area contributed by atoms with Gasteiger partial charge < -0.3 is 19.9 Å². The van der Waals surface area contributed by atoms with Crippen LogP contribution in [0, 0.1) is 0 Å². The van der Waals surface area contributed by atoms with Crippen molar-refractivity contribution in [3.63, 3.8) is 0 Å². The number of amides is 1. The van der Waals surface area contributed by atoms with Crippen molar-refractivity contribution in [1.29, 1.82) is 0 Å². The van der Waals surface area contributed by atoms with Gasteiger partial charge in [0.2, 0.25) is 0 Å². The lowest BCUT2D eigenvalue weighted by atomic mass is 10.1.